The van der Waals surface area contributed by atoms with Crippen LogP contribution in [0.15, 0.2) is 60.8 Å². The molecule has 6 heteroatoms. The zero-order chi connectivity index (χ0) is 18.8. The van der Waals surface area contributed by atoms with Gasteiger partial charge in [-0.05, 0) is 28.3 Å². The van der Waals surface area contributed by atoms with Crippen LogP contribution in [0.25, 0.3) is 11.1 Å². The van der Waals surface area contributed by atoms with Crippen molar-refractivity contribution in [1.82, 2.24) is 9.97 Å². The standard InChI is InChI=1S/C21H17N3O3/c1-13(25)19-10-11-22-20(23-19)24-21(26)27-12-18-16-8-4-2-6-14(16)15-7-3-5-9-17(15)18/h2-11,18H,12H2,1H3,(H,22,23,24,26). The number of anilines is 1. The van der Waals surface area contributed by atoms with Crippen LogP contribution in [0.4, 0.5) is 10.7 Å². The van der Waals surface area contributed by atoms with Crippen LogP contribution in [-0.4, -0.2) is 28.5 Å². The second-order valence-corrected chi connectivity index (χ2v) is 6.27. The van der Waals surface area contributed by atoms with E-state index in [0.29, 0.717) is 0 Å². The van der Waals surface area contributed by atoms with Crippen molar-refractivity contribution < 1.29 is 14.3 Å². The first-order chi connectivity index (χ1) is 13.1. The van der Waals surface area contributed by atoms with Crippen LogP contribution in [0.1, 0.15) is 34.5 Å². The van der Waals surface area contributed by atoms with E-state index in [1.807, 2.05) is 24.3 Å². The van der Waals surface area contributed by atoms with Gasteiger partial charge in [0.25, 0.3) is 0 Å². The molecule has 0 bridgehead atoms. The summed E-state index contributed by atoms with van der Waals surface area (Å²) < 4.78 is 5.43. The SMILES string of the molecule is CC(=O)c1ccnc(NC(=O)OCC2c3ccccc3-c3ccccc32)n1. The average Bonchev–Trinajstić information content (AvgIpc) is 3.00. The Kier molecular flexibility index (Phi) is 4.38. The molecule has 0 unspecified atom stereocenters. The van der Waals surface area contributed by atoms with Gasteiger partial charge in [-0.25, -0.2) is 14.8 Å². The van der Waals surface area contributed by atoms with Gasteiger partial charge >= 0.3 is 6.09 Å². The quantitative estimate of drug-likeness (QED) is 0.711. The highest BCUT2D eigenvalue weighted by Crippen LogP contribution is 2.44. The van der Waals surface area contributed by atoms with Crippen molar-refractivity contribution in [2.24, 2.45) is 0 Å². The number of ketones is 1. The minimum atomic E-state index is -0.655. The molecule has 3 aromatic rings. The molecular formula is C21H17N3O3. The first kappa shape index (κ1) is 16.9. The number of nitrogens with zero attached hydrogens (tertiary/aromatic N) is 2. The lowest BCUT2D eigenvalue weighted by Gasteiger charge is -2.14. The van der Waals surface area contributed by atoms with Gasteiger partial charge in [-0.1, -0.05) is 48.5 Å². The van der Waals surface area contributed by atoms with Crippen molar-refractivity contribution in [2.45, 2.75) is 12.8 Å². The van der Waals surface area contributed by atoms with E-state index in [9.17, 15) is 9.59 Å². The summed E-state index contributed by atoms with van der Waals surface area (Å²) in [5, 5.41) is 2.47. The number of amides is 1. The van der Waals surface area contributed by atoms with Crippen molar-refractivity contribution in [2.75, 3.05) is 11.9 Å². The van der Waals surface area contributed by atoms with Crippen LogP contribution >= 0.6 is 0 Å². The molecule has 0 saturated heterocycles. The molecule has 0 aliphatic heterocycles. The maximum absolute atomic E-state index is 12.2. The fraction of sp³-hybridized carbons (Fsp3) is 0.143. The molecule has 1 N–H and O–H groups in total. The fourth-order valence-corrected chi connectivity index (χ4v) is 3.34. The highest BCUT2D eigenvalue weighted by atomic mass is 16.5. The molecule has 0 fully saturated rings. The molecule has 27 heavy (non-hydrogen) atoms. The number of ether oxygens (including phenoxy) is 1. The van der Waals surface area contributed by atoms with Crippen LogP contribution in [0.5, 0.6) is 0 Å². The van der Waals surface area contributed by atoms with Gasteiger partial charge in [0.15, 0.2) is 5.78 Å². The molecule has 1 amide bonds. The van der Waals surface area contributed by atoms with Gasteiger partial charge in [-0.3, -0.25) is 10.1 Å². The van der Waals surface area contributed by atoms with E-state index < -0.39 is 6.09 Å². The van der Waals surface area contributed by atoms with Crippen LogP contribution in [0.2, 0.25) is 0 Å². The van der Waals surface area contributed by atoms with E-state index in [-0.39, 0.29) is 30.0 Å². The first-order valence-corrected chi connectivity index (χ1v) is 8.59. The molecule has 4 rings (SSSR count). The Hall–Kier alpha value is -3.54. The van der Waals surface area contributed by atoms with E-state index in [2.05, 4.69) is 39.6 Å². The molecule has 1 aliphatic carbocycles. The Balaban J connectivity index is 1.48. The third-order valence-corrected chi connectivity index (χ3v) is 4.57. The summed E-state index contributed by atoms with van der Waals surface area (Å²) in [7, 11) is 0. The fourth-order valence-electron chi connectivity index (χ4n) is 3.34. The summed E-state index contributed by atoms with van der Waals surface area (Å²) in [4.78, 5) is 31.5. The van der Waals surface area contributed by atoms with Crippen molar-refractivity contribution in [1.29, 1.82) is 0 Å². The number of hydrogen-bond acceptors (Lipinski definition) is 5. The number of Topliss-reactive ketones (excluding diaryl/α,β-unsaturated/α-hetero) is 1. The maximum Gasteiger partial charge on any atom is 0.414 e. The molecule has 0 radical (unpaired) electrons. The summed E-state index contributed by atoms with van der Waals surface area (Å²) in [5.41, 5.74) is 4.85. The summed E-state index contributed by atoms with van der Waals surface area (Å²) in [6.07, 6.45) is 0.764. The molecule has 0 atom stereocenters. The Morgan fingerprint density at radius 1 is 1.00 bits per heavy atom. The Labute approximate surface area is 156 Å². The number of carbonyl (C=O) groups excluding carboxylic acids is 2. The lowest BCUT2D eigenvalue weighted by atomic mass is 9.98. The van der Waals surface area contributed by atoms with Gasteiger partial charge in [0.1, 0.15) is 12.3 Å². The normalized spacial score (nSPS) is 12.2. The van der Waals surface area contributed by atoms with E-state index in [4.69, 9.17) is 4.74 Å². The molecular weight excluding hydrogens is 342 g/mol. The molecule has 134 valence electrons. The highest BCUT2D eigenvalue weighted by molar-refractivity contribution is 5.92. The van der Waals surface area contributed by atoms with Crippen molar-refractivity contribution in [3.05, 3.63) is 77.6 Å². The molecule has 2 aromatic carbocycles. The number of benzene rings is 2. The number of fused-ring (bicyclic) bond motifs is 3. The predicted molar refractivity (Wildman–Crippen MR) is 101 cm³/mol. The number of rotatable bonds is 4. The summed E-state index contributed by atoms with van der Waals surface area (Å²) in [5.74, 6) is -0.180. The average molecular weight is 359 g/mol. The maximum atomic E-state index is 12.2. The van der Waals surface area contributed by atoms with Gasteiger partial charge in [-0.15, -0.1) is 0 Å². The van der Waals surface area contributed by atoms with E-state index >= 15 is 0 Å². The molecule has 6 nitrogen and oxygen atoms in total. The highest BCUT2D eigenvalue weighted by Gasteiger charge is 2.29. The van der Waals surface area contributed by atoms with Crippen molar-refractivity contribution >= 4 is 17.8 Å². The molecule has 0 spiro atoms. The number of aromatic nitrogens is 2. The Bertz CT molecular complexity index is 987. The lowest BCUT2D eigenvalue weighted by molar-refractivity contribution is 0.101. The molecule has 1 aromatic heterocycles. The minimum absolute atomic E-state index is 0.0207. The van der Waals surface area contributed by atoms with Crippen LogP contribution in [-0.2, 0) is 4.74 Å². The van der Waals surface area contributed by atoms with E-state index in [1.165, 1.54) is 30.3 Å². The number of nitrogens with one attached hydrogen (secondary N) is 1. The van der Waals surface area contributed by atoms with Crippen molar-refractivity contribution in [3.63, 3.8) is 0 Å². The molecule has 1 aliphatic rings. The molecule has 1 heterocycles. The second kappa shape index (κ2) is 6.99. The van der Waals surface area contributed by atoms with Crippen LogP contribution in [0.3, 0.4) is 0 Å². The smallest absolute Gasteiger partial charge is 0.414 e. The van der Waals surface area contributed by atoms with Gasteiger partial charge in [0.05, 0.1) is 0 Å². The largest absolute Gasteiger partial charge is 0.448 e. The van der Waals surface area contributed by atoms with Gasteiger partial charge in [-0.2, -0.15) is 0 Å². The second-order valence-electron chi connectivity index (χ2n) is 6.27. The van der Waals surface area contributed by atoms with E-state index in [1.54, 1.807) is 0 Å². The summed E-state index contributed by atoms with van der Waals surface area (Å²) in [6.45, 7) is 1.60. The van der Waals surface area contributed by atoms with E-state index in [0.717, 1.165) is 11.1 Å². The number of carbonyl (C=O) groups is 2. The van der Waals surface area contributed by atoms with Crippen LogP contribution < -0.4 is 5.32 Å². The molecule has 0 saturated carbocycles. The Morgan fingerprint density at radius 2 is 1.63 bits per heavy atom. The predicted octanol–water partition coefficient (Wildman–Crippen LogP) is 4.04. The Morgan fingerprint density at radius 3 is 2.26 bits per heavy atom. The number of hydrogen-bond donors (Lipinski definition) is 1. The van der Waals surface area contributed by atoms with Crippen molar-refractivity contribution in [3.8, 4) is 11.1 Å². The summed E-state index contributed by atoms with van der Waals surface area (Å²) >= 11 is 0. The van der Waals surface area contributed by atoms with Gasteiger partial charge in [0, 0.05) is 19.0 Å². The first-order valence-electron chi connectivity index (χ1n) is 8.59. The zero-order valence-electron chi connectivity index (χ0n) is 14.7. The van der Waals surface area contributed by atoms with Gasteiger partial charge < -0.3 is 4.74 Å². The topological polar surface area (TPSA) is 81.2 Å². The zero-order valence-corrected chi connectivity index (χ0v) is 14.7. The lowest BCUT2D eigenvalue weighted by Crippen LogP contribution is -2.19. The third kappa shape index (κ3) is 3.29. The monoisotopic (exact) mass is 359 g/mol. The van der Waals surface area contributed by atoms with Crippen LogP contribution in [0, 0.1) is 0 Å². The minimum Gasteiger partial charge on any atom is -0.448 e. The summed E-state index contributed by atoms with van der Waals surface area (Å²) in [6, 6.07) is 17.7. The third-order valence-electron chi connectivity index (χ3n) is 4.57. The van der Waals surface area contributed by atoms with Gasteiger partial charge in [0.2, 0.25) is 5.95 Å².